The van der Waals surface area contributed by atoms with Crippen LogP contribution in [0.2, 0.25) is 0 Å². The lowest BCUT2D eigenvalue weighted by molar-refractivity contribution is 0.647. The molecule has 2 nitrogen and oxygen atoms in total. The van der Waals surface area contributed by atoms with E-state index in [-0.39, 0.29) is 6.04 Å². The summed E-state index contributed by atoms with van der Waals surface area (Å²) in [6, 6.07) is 13.1. The average Bonchev–Trinajstić information content (AvgIpc) is 2.41. The molecule has 2 rings (SSSR count). The number of hydrogen-bond acceptors (Lipinski definition) is 2. The van der Waals surface area contributed by atoms with Gasteiger partial charge in [0.05, 0.1) is 5.69 Å². The molecule has 20 heavy (non-hydrogen) atoms. The second-order valence-corrected chi connectivity index (χ2v) is 6.30. The Balaban J connectivity index is 2.06. The minimum absolute atomic E-state index is 0.253. The molecule has 2 aromatic rings. The van der Waals surface area contributed by atoms with Crippen LogP contribution in [-0.4, -0.2) is 4.98 Å². The Morgan fingerprint density at radius 1 is 1.10 bits per heavy atom. The summed E-state index contributed by atoms with van der Waals surface area (Å²) in [6.07, 6.45) is 2.91. The third-order valence-electron chi connectivity index (χ3n) is 3.25. The number of halogens is 1. The van der Waals surface area contributed by atoms with Crippen LogP contribution in [0.15, 0.2) is 47.2 Å². The molecule has 1 unspecified atom stereocenters. The van der Waals surface area contributed by atoms with Crippen LogP contribution >= 0.6 is 15.9 Å². The smallest absolute Gasteiger partial charge is 0.129 e. The minimum atomic E-state index is 0.253. The Morgan fingerprint density at radius 3 is 2.40 bits per heavy atom. The maximum Gasteiger partial charge on any atom is 0.129 e. The third-order valence-corrected chi connectivity index (χ3v) is 3.89. The van der Waals surface area contributed by atoms with Crippen molar-refractivity contribution in [2.45, 2.75) is 33.2 Å². The monoisotopic (exact) mass is 332 g/mol. The molecule has 0 radical (unpaired) electrons. The molecule has 0 saturated heterocycles. The van der Waals surface area contributed by atoms with Gasteiger partial charge in [0, 0.05) is 12.2 Å². The molecule has 1 aromatic heterocycles. The number of anilines is 1. The van der Waals surface area contributed by atoms with Gasteiger partial charge in [0.25, 0.3) is 0 Å². The van der Waals surface area contributed by atoms with Crippen LogP contribution in [0.1, 0.15) is 37.9 Å². The second kappa shape index (κ2) is 6.89. The maximum atomic E-state index is 4.23. The minimum Gasteiger partial charge on any atom is -0.376 e. The van der Waals surface area contributed by atoms with Gasteiger partial charge in [0.15, 0.2) is 0 Å². The number of nitrogens with one attached hydrogen (secondary N) is 1. The van der Waals surface area contributed by atoms with Gasteiger partial charge < -0.3 is 5.32 Å². The summed E-state index contributed by atoms with van der Waals surface area (Å²) in [4.78, 5) is 4.23. The molecule has 106 valence electrons. The SMILES string of the molecule is CC(C)Cc1ccc(C(C)Nc2cccnc2Br)cc1. The molecule has 3 heteroatoms. The lowest BCUT2D eigenvalue weighted by Gasteiger charge is -2.17. The van der Waals surface area contributed by atoms with Gasteiger partial charge in [-0.1, -0.05) is 38.1 Å². The van der Waals surface area contributed by atoms with Crippen molar-refractivity contribution in [2.75, 3.05) is 5.32 Å². The van der Waals surface area contributed by atoms with E-state index in [2.05, 4.69) is 71.3 Å². The molecule has 1 aromatic carbocycles. The van der Waals surface area contributed by atoms with E-state index in [4.69, 9.17) is 0 Å². The van der Waals surface area contributed by atoms with Crippen molar-refractivity contribution >= 4 is 21.6 Å². The first-order valence-corrected chi connectivity index (χ1v) is 7.81. The van der Waals surface area contributed by atoms with Crippen molar-refractivity contribution in [1.29, 1.82) is 0 Å². The van der Waals surface area contributed by atoms with E-state index >= 15 is 0 Å². The Kier molecular flexibility index (Phi) is 5.18. The fraction of sp³-hybridized carbons (Fsp3) is 0.353. The molecule has 0 bridgehead atoms. The van der Waals surface area contributed by atoms with E-state index < -0.39 is 0 Å². The lowest BCUT2D eigenvalue weighted by atomic mass is 10.00. The number of pyridine rings is 1. The second-order valence-electron chi connectivity index (χ2n) is 5.55. The Labute approximate surface area is 129 Å². The van der Waals surface area contributed by atoms with E-state index in [9.17, 15) is 0 Å². The largest absolute Gasteiger partial charge is 0.376 e. The summed E-state index contributed by atoms with van der Waals surface area (Å²) >= 11 is 3.46. The zero-order valence-electron chi connectivity index (χ0n) is 12.2. The van der Waals surface area contributed by atoms with Gasteiger partial charge in [-0.25, -0.2) is 4.98 Å². The van der Waals surface area contributed by atoms with Gasteiger partial charge in [-0.3, -0.25) is 0 Å². The molecule has 0 saturated carbocycles. The standard InChI is InChI=1S/C17H21BrN2/c1-12(2)11-14-6-8-15(9-7-14)13(3)20-16-5-4-10-19-17(16)18/h4-10,12-13,20H,11H2,1-3H3. The van der Waals surface area contributed by atoms with Gasteiger partial charge in [-0.05, 0) is 58.5 Å². The quantitative estimate of drug-likeness (QED) is 0.759. The van der Waals surface area contributed by atoms with Crippen molar-refractivity contribution < 1.29 is 0 Å². The van der Waals surface area contributed by atoms with Crippen molar-refractivity contribution in [1.82, 2.24) is 4.98 Å². The number of nitrogens with zero attached hydrogens (tertiary/aromatic N) is 1. The first-order chi connectivity index (χ1) is 9.56. The van der Waals surface area contributed by atoms with Crippen molar-refractivity contribution in [3.05, 3.63) is 58.3 Å². The summed E-state index contributed by atoms with van der Waals surface area (Å²) in [5.74, 6) is 0.697. The van der Waals surface area contributed by atoms with Crippen molar-refractivity contribution in [2.24, 2.45) is 5.92 Å². The topological polar surface area (TPSA) is 24.9 Å². The third kappa shape index (κ3) is 4.07. The number of hydrogen-bond donors (Lipinski definition) is 1. The molecular weight excluding hydrogens is 312 g/mol. The Hall–Kier alpha value is -1.35. The first kappa shape index (κ1) is 15.0. The van der Waals surface area contributed by atoms with Crippen LogP contribution < -0.4 is 5.32 Å². The van der Waals surface area contributed by atoms with Crippen LogP contribution in [0.3, 0.4) is 0 Å². The molecule has 0 aliphatic carbocycles. The maximum absolute atomic E-state index is 4.23. The first-order valence-electron chi connectivity index (χ1n) is 7.02. The summed E-state index contributed by atoms with van der Waals surface area (Å²) in [6.45, 7) is 6.66. The fourth-order valence-corrected chi connectivity index (χ4v) is 2.59. The Morgan fingerprint density at radius 2 is 1.80 bits per heavy atom. The molecule has 1 atom stereocenters. The number of rotatable bonds is 5. The van der Waals surface area contributed by atoms with E-state index in [1.807, 2.05) is 12.1 Å². The summed E-state index contributed by atoms with van der Waals surface area (Å²) in [5, 5.41) is 3.48. The van der Waals surface area contributed by atoms with Crippen LogP contribution in [0.25, 0.3) is 0 Å². The van der Waals surface area contributed by atoms with E-state index in [1.165, 1.54) is 11.1 Å². The molecule has 1 heterocycles. The number of aromatic nitrogens is 1. The van der Waals surface area contributed by atoms with E-state index in [0.717, 1.165) is 16.7 Å². The highest BCUT2D eigenvalue weighted by molar-refractivity contribution is 9.10. The van der Waals surface area contributed by atoms with Gasteiger partial charge in [0.2, 0.25) is 0 Å². The molecular formula is C17H21BrN2. The predicted molar refractivity (Wildman–Crippen MR) is 89.0 cm³/mol. The molecule has 0 amide bonds. The van der Waals surface area contributed by atoms with Gasteiger partial charge >= 0.3 is 0 Å². The summed E-state index contributed by atoms with van der Waals surface area (Å²) in [7, 11) is 0. The zero-order chi connectivity index (χ0) is 14.5. The highest BCUT2D eigenvalue weighted by Gasteiger charge is 2.08. The molecule has 0 aliphatic heterocycles. The van der Waals surface area contributed by atoms with Crippen molar-refractivity contribution in [3.8, 4) is 0 Å². The average molecular weight is 333 g/mol. The van der Waals surface area contributed by atoms with Crippen LogP contribution in [-0.2, 0) is 6.42 Å². The lowest BCUT2D eigenvalue weighted by Crippen LogP contribution is -2.07. The van der Waals surface area contributed by atoms with E-state index in [1.54, 1.807) is 6.20 Å². The zero-order valence-corrected chi connectivity index (χ0v) is 13.8. The highest BCUT2D eigenvalue weighted by atomic mass is 79.9. The van der Waals surface area contributed by atoms with Crippen LogP contribution in [0.5, 0.6) is 0 Å². The van der Waals surface area contributed by atoms with Gasteiger partial charge in [-0.15, -0.1) is 0 Å². The number of benzene rings is 1. The van der Waals surface area contributed by atoms with Crippen molar-refractivity contribution in [3.63, 3.8) is 0 Å². The summed E-state index contributed by atoms with van der Waals surface area (Å²) < 4.78 is 0.850. The summed E-state index contributed by atoms with van der Waals surface area (Å²) in [5.41, 5.74) is 3.71. The van der Waals surface area contributed by atoms with Crippen LogP contribution in [0.4, 0.5) is 5.69 Å². The Bertz CT molecular complexity index is 549. The predicted octanol–water partition coefficient (Wildman–Crippen LogP) is 5.22. The molecule has 0 fully saturated rings. The van der Waals surface area contributed by atoms with Gasteiger partial charge in [-0.2, -0.15) is 0 Å². The fourth-order valence-electron chi connectivity index (χ4n) is 2.22. The normalized spacial score (nSPS) is 12.4. The molecule has 1 N–H and O–H groups in total. The molecule has 0 aliphatic rings. The van der Waals surface area contributed by atoms with E-state index in [0.29, 0.717) is 5.92 Å². The molecule has 0 spiro atoms. The van der Waals surface area contributed by atoms with Crippen LogP contribution in [0, 0.1) is 5.92 Å². The van der Waals surface area contributed by atoms with Gasteiger partial charge in [0.1, 0.15) is 4.60 Å². The highest BCUT2D eigenvalue weighted by Crippen LogP contribution is 2.24.